The van der Waals surface area contributed by atoms with Crippen LogP contribution in [0.1, 0.15) is 43.9 Å². The van der Waals surface area contributed by atoms with E-state index >= 15 is 0 Å². The molecule has 3 unspecified atom stereocenters. The predicted molar refractivity (Wildman–Crippen MR) is 75.4 cm³/mol. The summed E-state index contributed by atoms with van der Waals surface area (Å²) in [7, 11) is 0. The van der Waals surface area contributed by atoms with Crippen LogP contribution in [0.3, 0.4) is 0 Å². The molecular weight excluding hydrogens is 238 g/mol. The summed E-state index contributed by atoms with van der Waals surface area (Å²) in [4.78, 5) is 2.54. The van der Waals surface area contributed by atoms with Crippen LogP contribution in [0.2, 0.25) is 0 Å². The molecule has 0 bridgehead atoms. The topological polar surface area (TPSA) is 32.7 Å². The van der Waals surface area contributed by atoms with E-state index < -0.39 is 0 Å². The minimum absolute atomic E-state index is 0.298. The molecule has 1 saturated heterocycles. The molecule has 0 spiro atoms. The smallest absolute Gasteiger partial charge is 0.119 e. The summed E-state index contributed by atoms with van der Waals surface area (Å²) in [5.41, 5.74) is 2.48. The highest BCUT2D eigenvalue weighted by Crippen LogP contribution is 2.39. The minimum atomic E-state index is 0.298. The Morgan fingerprint density at radius 1 is 1.21 bits per heavy atom. The molecule has 104 valence electrons. The number of phenols is 1. The second-order valence-electron chi connectivity index (χ2n) is 5.96. The summed E-state index contributed by atoms with van der Waals surface area (Å²) >= 11 is 0. The van der Waals surface area contributed by atoms with E-state index in [-0.39, 0.29) is 0 Å². The Kier molecular flexibility index (Phi) is 3.50. The van der Waals surface area contributed by atoms with Crippen LogP contribution in [0.4, 0.5) is 0 Å². The number of ether oxygens (including phenoxy) is 1. The van der Waals surface area contributed by atoms with Crippen molar-refractivity contribution in [3.05, 3.63) is 29.3 Å². The molecule has 1 fully saturated rings. The fourth-order valence-electron chi connectivity index (χ4n) is 3.66. The molecule has 0 amide bonds. The van der Waals surface area contributed by atoms with E-state index in [0.29, 0.717) is 24.0 Å². The molecule has 0 aromatic heterocycles. The largest absolute Gasteiger partial charge is 0.508 e. The van der Waals surface area contributed by atoms with E-state index in [1.165, 1.54) is 12.0 Å². The molecule has 1 aromatic carbocycles. The van der Waals surface area contributed by atoms with Crippen LogP contribution < -0.4 is 0 Å². The van der Waals surface area contributed by atoms with Gasteiger partial charge in [0, 0.05) is 19.1 Å². The number of hydrogen-bond donors (Lipinski definition) is 1. The molecular formula is C16H23NO2. The summed E-state index contributed by atoms with van der Waals surface area (Å²) < 4.78 is 5.83. The Bertz CT molecular complexity index is 450. The van der Waals surface area contributed by atoms with Crippen molar-refractivity contribution in [2.75, 3.05) is 13.1 Å². The Labute approximate surface area is 115 Å². The van der Waals surface area contributed by atoms with Crippen molar-refractivity contribution in [3.63, 3.8) is 0 Å². The highest BCUT2D eigenvalue weighted by Gasteiger charge is 2.32. The number of benzene rings is 1. The normalized spacial score (nSPS) is 32.0. The van der Waals surface area contributed by atoms with Crippen LogP contribution in [0.5, 0.6) is 5.75 Å². The first kappa shape index (κ1) is 12.9. The standard InChI is InChI=1S/C16H23NO2/c1-11-9-17(10-12(2)19-11)15-7-3-6-14-13(15)5-4-8-16(14)18/h4-5,8,11-12,15,18H,3,6-7,9-10H2,1-2H3. The molecule has 0 saturated carbocycles. The summed E-state index contributed by atoms with van der Waals surface area (Å²) in [6.07, 6.45) is 3.96. The maximum absolute atomic E-state index is 10.0. The van der Waals surface area contributed by atoms with E-state index in [0.717, 1.165) is 31.5 Å². The van der Waals surface area contributed by atoms with Gasteiger partial charge in [0.05, 0.1) is 12.2 Å². The van der Waals surface area contributed by atoms with Gasteiger partial charge in [-0.15, -0.1) is 0 Å². The fraction of sp³-hybridized carbons (Fsp3) is 0.625. The number of nitrogens with zero attached hydrogens (tertiary/aromatic N) is 1. The first-order chi connectivity index (χ1) is 9.15. The number of rotatable bonds is 1. The molecule has 1 N–H and O–H groups in total. The van der Waals surface area contributed by atoms with Crippen molar-refractivity contribution in [1.29, 1.82) is 0 Å². The highest BCUT2D eigenvalue weighted by atomic mass is 16.5. The molecule has 1 aromatic rings. The molecule has 0 radical (unpaired) electrons. The number of aromatic hydroxyl groups is 1. The van der Waals surface area contributed by atoms with E-state index in [2.05, 4.69) is 24.8 Å². The fourth-order valence-corrected chi connectivity index (χ4v) is 3.66. The molecule has 3 rings (SSSR count). The van der Waals surface area contributed by atoms with Crippen LogP contribution in [0, 0.1) is 0 Å². The average Bonchev–Trinajstić information content (AvgIpc) is 2.37. The number of hydrogen-bond acceptors (Lipinski definition) is 3. The number of fused-ring (bicyclic) bond motifs is 1. The molecule has 3 nitrogen and oxygen atoms in total. The van der Waals surface area contributed by atoms with Gasteiger partial charge >= 0.3 is 0 Å². The molecule has 3 heteroatoms. The van der Waals surface area contributed by atoms with Crippen LogP contribution >= 0.6 is 0 Å². The van der Waals surface area contributed by atoms with Gasteiger partial charge in [0.1, 0.15) is 5.75 Å². The molecule has 3 atom stereocenters. The molecule has 2 aliphatic rings. The third-order valence-electron chi connectivity index (χ3n) is 4.34. The summed E-state index contributed by atoms with van der Waals surface area (Å²) in [5.74, 6) is 0.469. The third kappa shape index (κ3) is 2.49. The lowest BCUT2D eigenvalue weighted by atomic mass is 9.85. The highest BCUT2D eigenvalue weighted by molar-refractivity contribution is 5.42. The molecule has 1 aliphatic heterocycles. The van der Waals surface area contributed by atoms with Gasteiger partial charge in [0.25, 0.3) is 0 Å². The van der Waals surface area contributed by atoms with Crippen molar-refractivity contribution >= 4 is 0 Å². The van der Waals surface area contributed by atoms with Crippen molar-refractivity contribution in [2.45, 2.75) is 51.4 Å². The summed E-state index contributed by atoms with van der Waals surface area (Å²) in [6.45, 7) is 6.28. The average molecular weight is 261 g/mol. The molecule has 1 heterocycles. The number of morpholine rings is 1. The number of phenolic OH excluding ortho intramolecular Hbond substituents is 1. The molecule has 1 aliphatic carbocycles. The third-order valence-corrected chi connectivity index (χ3v) is 4.34. The lowest BCUT2D eigenvalue weighted by molar-refractivity contribution is -0.0827. The Morgan fingerprint density at radius 3 is 2.68 bits per heavy atom. The van der Waals surface area contributed by atoms with Crippen LogP contribution in [0.25, 0.3) is 0 Å². The van der Waals surface area contributed by atoms with Gasteiger partial charge in [0.2, 0.25) is 0 Å². The van der Waals surface area contributed by atoms with E-state index in [9.17, 15) is 5.11 Å². The zero-order chi connectivity index (χ0) is 13.4. The summed E-state index contributed by atoms with van der Waals surface area (Å²) in [5, 5.41) is 10.0. The minimum Gasteiger partial charge on any atom is -0.508 e. The first-order valence-electron chi connectivity index (χ1n) is 7.35. The monoisotopic (exact) mass is 261 g/mol. The van der Waals surface area contributed by atoms with Gasteiger partial charge in [-0.05, 0) is 50.3 Å². The van der Waals surface area contributed by atoms with Crippen molar-refractivity contribution < 1.29 is 9.84 Å². The van der Waals surface area contributed by atoms with E-state index in [1.807, 2.05) is 12.1 Å². The zero-order valence-electron chi connectivity index (χ0n) is 11.8. The van der Waals surface area contributed by atoms with Crippen LogP contribution in [-0.2, 0) is 11.2 Å². The second-order valence-corrected chi connectivity index (χ2v) is 5.96. The maximum atomic E-state index is 10.0. The maximum Gasteiger partial charge on any atom is 0.119 e. The second kappa shape index (κ2) is 5.14. The van der Waals surface area contributed by atoms with E-state index in [1.54, 1.807) is 0 Å². The SMILES string of the molecule is CC1CN(C2CCCc3c(O)cccc32)CC(C)O1. The quantitative estimate of drug-likeness (QED) is 0.843. The van der Waals surface area contributed by atoms with Crippen LogP contribution in [0.15, 0.2) is 18.2 Å². The van der Waals surface area contributed by atoms with E-state index in [4.69, 9.17) is 4.74 Å². The van der Waals surface area contributed by atoms with Gasteiger partial charge in [-0.3, -0.25) is 4.90 Å². The first-order valence-corrected chi connectivity index (χ1v) is 7.35. The van der Waals surface area contributed by atoms with Gasteiger partial charge in [-0.2, -0.15) is 0 Å². The Balaban J connectivity index is 1.89. The Hall–Kier alpha value is -1.06. The lowest BCUT2D eigenvalue weighted by Crippen LogP contribution is -2.47. The van der Waals surface area contributed by atoms with Gasteiger partial charge in [-0.25, -0.2) is 0 Å². The van der Waals surface area contributed by atoms with Gasteiger partial charge < -0.3 is 9.84 Å². The van der Waals surface area contributed by atoms with Gasteiger partial charge in [-0.1, -0.05) is 12.1 Å². The van der Waals surface area contributed by atoms with Crippen molar-refractivity contribution in [1.82, 2.24) is 4.90 Å². The predicted octanol–water partition coefficient (Wildman–Crippen LogP) is 2.88. The lowest BCUT2D eigenvalue weighted by Gasteiger charge is -2.42. The molecule has 19 heavy (non-hydrogen) atoms. The zero-order valence-corrected chi connectivity index (χ0v) is 11.8. The summed E-state index contributed by atoms with van der Waals surface area (Å²) in [6, 6.07) is 6.42. The van der Waals surface area contributed by atoms with Gasteiger partial charge in [0.15, 0.2) is 0 Å². The Morgan fingerprint density at radius 2 is 1.95 bits per heavy atom. The van der Waals surface area contributed by atoms with Crippen molar-refractivity contribution in [3.8, 4) is 5.75 Å². The van der Waals surface area contributed by atoms with Crippen molar-refractivity contribution in [2.24, 2.45) is 0 Å². The van der Waals surface area contributed by atoms with Crippen LogP contribution in [-0.4, -0.2) is 35.3 Å².